The molecule has 3 heterocycles. The van der Waals surface area contributed by atoms with Gasteiger partial charge in [-0.25, -0.2) is 0 Å². The summed E-state index contributed by atoms with van der Waals surface area (Å²) in [6.07, 6.45) is 5.06. The average molecular weight is 591 g/mol. The van der Waals surface area contributed by atoms with Crippen molar-refractivity contribution in [1.82, 2.24) is 19.6 Å². The van der Waals surface area contributed by atoms with Crippen LogP contribution in [0.25, 0.3) is 0 Å². The maximum atomic E-state index is 14.2. The first kappa shape index (κ1) is 28.3. The molecule has 2 aliphatic heterocycles. The highest BCUT2D eigenvalue weighted by atomic mass is 35.5. The van der Waals surface area contributed by atoms with E-state index in [1.165, 1.54) is 0 Å². The number of hydrogen-bond donors (Lipinski definition) is 1. The number of halogens is 1. The number of amides is 2. The fourth-order valence-corrected chi connectivity index (χ4v) is 7.03. The molecule has 0 bridgehead atoms. The molecule has 9 nitrogen and oxygen atoms in total. The zero-order chi connectivity index (χ0) is 29.4. The molecule has 1 fully saturated rings. The van der Waals surface area contributed by atoms with Gasteiger partial charge in [0, 0.05) is 48.5 Å². The lowest BCUT2D eigenvalue weighted by molar-refractivity contribution is -0.153. The van der Waals surface area contributed by atoms with Crippen LogP contribution >= 0.6 is 11.6 Å². The normalized spacial score (nSPS) is 21.7. The van der Waals surface area contributed by atoms with E-state index in [4.69, 9.17) is 16.3 Å². The Morgan fingerprint density at radius 3 is 2.62 bits per heavy atom. The maximum Gasteiger partial charge on any atom is 0.307 e. The minimum absolute atomic E-state index is 0.0826. The Hall–Kier alpha value is -3.85. The Morgan fingerprint density at radius 1 is 1.10 bits per heavy atom. The van der Waals surface area contributed by atoms with E-state index in [1.807, 2.05) is 60.3 Å². The van der Waals surface area contributed by atoms with Gasteiger partial charge in [-0.15, -0.1) is 0 Å². The van der Waals surface area contributed by atoms with E-state index in [1.54, 1.807) is 9.80 Å². The molecular formula is C32H35ClN4O5. The first-order valence-corrected chi connectivity index (χ1v) is 15.1. The fraction of sp³-hybridized carbons (Fsp3) is 0.438. The van der Waals surface area contributed by atoms with Crippen LogP contribution in [0.4, 0.5) is 0 Å². The molecule has 0 saturated heterocycles. The number of hydrogen-bond acceptors (Lipinski definition) is 5. The Bertz CT molecular complexity index is 1520. The Balaban J connectivity index is 1.37. The van der Waals surface area contributed by atoms with Crippen LogP contribution in [0.5, 0.6) is 5.75 Å². The fourth-order valence-electron chi connectivity index (χ4n) is 6.77. The molecule has 42 heavy (non-hydrogen) atoms. The second-order valence-electron chi connectivity index (χ2n) is 11.4. The molecule has 2 aromatic carbocycles. The molecule has 0 spiro atoms. The summed E-state index contributed by atoms with van der Waals surface area (Å²) in [5.41, 5.74) is 4.06. The number of fused-ring (bicyclic) bond motifs is 2. The number of aryl methyl sites for hydroxylation is 1. The van der Waals surface area contributed by atoms with Crippen LogP contribution in [0.15, 0.2) is 48.7 Å². The van der Waals surface area contributed by atoms with Gasteiger partial charge in [0.2, 0.25) is 5.91 Å². The molecule has 1 saturated carbocycles. The lowest BCUT2D eigenvalue weighted by atomic mass is 9.77. The van der Waals surface area contributed by atoms with Crippen molar-refractivity contribution in [3.05, 3.63) is 81.6 Å². The molecule has 3 aromatic rings. The van der Waals surface area contributed by atoms with Crippen LogP contribution in [0.2, 0.25) is 5.02 Å². The van der Waals surface area contributed by atoms with Crippen molar-refractivity contribution < 1.29 is 24.2 Å². The third-order valence-electron chi connectivity index (χ3n) is 8.94. The number of rotatable bonds is 8. The summed E-state index contributed by atoms with van der Waals surface area (Å²) in [6.45, 7) is 4.08. The molecule has 3 atom stereocenters. The highest BCUT2D eigenvalue weighted by Gasteiger charge is 2.44. The molecular weight excluding hydrogens is 556 g/mol. The molecule has 0 radical (unpaired) electrons. The van der Waals surface area contributed by atoms with Crippen LogP contribution in [0.3, 0.4) is 0 Å². The number of benzene rings is 2. The maximum absolute atomic E-state index is 14.2. The summed E-state index contributed by atoms with van der Waals surface area (Å²) >= 11 is 6.74. The predicted molar refractivity (Wildman–Crippen MR) is 156 cm³/mol. The highest BCUT2D eigenvalue weighted by molar-refractivity contribution is 6.31. The van der Waals surface area contributed by atoms with E-state index in [-0.39, 0.29) is 25.0 Å². The topological polar surface area (TPSA) is 105 Å². The third kappa shape index (κ3) is 5.26. The van der Waals surface area contributed by atoms with Gasteiger partial charge in [0.05, 0.1) is 23.6 Å². The summed E-state index contributed by atoms with van der Waals surface area (Å²) in [6, 6.07) is 12.6. The van der Waals surface area contributed by atoms with Gasteiger partial charge in [-0.2, -0.15) is 5.10 Å². The predicted octanol–water partition coefficient (Wildman–Crippen LogP) is 5.11. The molecule has 3 aliphatic rings. The van der Waals surface area contributed by atoms with Crippen molar-refractivity contribution in [2.45, 2.75) is 64.8 Å². The van der Waals surface area contributed by atoms with Crippen molar-refractivity contribution in [3.8, 4) is 5.75 Å². The first-order chi connectivity index (χ1) is 20.4. The SMILES string of the molecule is CCn1ccc(COc2ccc(Cl)c3c2C(CN2Cc4ccccc4C2=O)N(C(=O)C2CCCCC2C(=O)O)CC3)n1. The largest absolute Gasteiger partial charge is 0.487 e. The Kier molecular flexibility index (Phi) is 7.94. The summed E-state index contributed by atoms with van der Waals surface area (Å²) in [5.74, 6) is -1.91. The molecule has 220 valence electrons. The first-order valence-electron chi connectivity index (χ1n) is 14.7. The molecule has 1 aliphatic carbocycles. The average Bonchev–Trinajstić information content (AvgIpc) is 3.60. The van der Waals surface area contributed by atoms with Gasteiger partial charge < -0.3 is 19.6 Å². The second kappa shape index (κ2) is 11.8. The molecule has 1 N–H and O–H groups in total. The van der Waals surface area contributed by atoms with Gasteiger partial charge >= 0.3 is 5.97 Å². The van der Waals surface area contributed by atoms with E-state index in [9.17, 15) is 19.5 Å². The van der Waals surface area contributed by atoms with E-state index in [2.05, 4.69) is 5.10 Å². The van der Waals surface area contributed by atoms with Crippen LogP contribution in [0, 0.1) is 11.8 Å². The third-order valence-corrected chi connectivity index (χ3v) is 9.29. The molecule has 1 aromatic heterocycles. The van der Waals surface area contributed by atoms with Crippen LogP contribution in [0.1, 0.15) is 71.4 Å². The quantitative estimate of drug-likeness (QED) is 0.391. The number of aliphatic carboxylic acids is 1. The van der Waals surface area contributed by atoms with Crippen molar-refractivity contribution >= 4 is 29.4 Å². The van der Waals surface area contributed by atoms with Crippen molar-refractivity contribution in [2.75, 3.05) is 13.1 Å². The smallest absolute Gasteiger partial charge is 0.307 e. The van der Waals surface area contributed by atoms with E-state index in [0.29, 0.717) is 48.7 Å². The molecule has 10 heteroatoms. The van der Waals surface area contributed by atoms with Crippen molar-refractivity contribution in [3.63, 3.8) is 0 Å². The monoisotopic (exact) mass is 590 g/mol. The zero-order valence-corrected chi connectivity index (χ0v) is 24.4. The molecule has 3 unspecified atom stereocenters. The van der Waals surface area contributed by atoms with Crippen LogP contribution in [-0.4, -0.2) is 55.6 Å². The van der Waals surface area contributed by atoms with Gasteiger partial charge in [-0.3, -0.25) is 19.1 Å². The van der Waals surface area contributed by atoms with Crippen molar-refractivity contribution in [1.29, 1.82) is 0 Å². The molecule has 6 rings (SSSR count). The minimum Gasteiger partial charge on any atom is -0.487 e. The Morgan fingerprint density at radius 2 is 1.88 bits per heavy atom. The van der Waals surface area contributed by atoms with E-state index >= 15 is 0 Å². The zero-order valence-electron chi connectivity index (χ0n) is 23.7. The van der Waals surface area contributed by atoms with Crippen molar-refractivity contribution in [2.24, 2.45) is 11.8 Å². The second-order valence-corrected chi connectivity index (χ2v) is 11.8. The number of ether oxygens (including phenoxy) is 1. The lowest BCUT2D eigenvalue weighted by Crippen LogP contribution is -2.50. The summed E-state index contributed by atoms with van der Waals surface area (Å²) in [4.78, 5) is 43.4. The van der Waals surface area contributed by atoms with Gasteiger partial charge in [-0.1, -0.05) is 42.6 Å². The Labute approximate surface area is 250 Å². The number of carboxylic acids is 1. The number of carbonyl (C=O) groups is 3. The van der Waals surface area contributed by atoms with Gasteiger partial charge in [0.1, 0.15) is 12.4 Å². The number of carbonyl (C=O) groups excluding carboxylic acids is 2. The lowest BCUT2D eigenvalue weighted by Gasteiger charge is -2.43. The van der Waals surface area contributed by atoms with E-state index in [0.717, 1.165) is 41.8 Å². The van der Waals surface area contributed by atoms with Crippen LogP contribution < -0.4 is 4.74 Å². The van der Waals surface area contributed by atoms with Gasteiger partial charge in [0.15, 0.2) is 0 Å². The summed E-state index contributed by atoms with van der Waals surface area (Å²) in [5, 5.41) is 15.1. The van der Waals surface area contributed by atoms with Crippen LogP contribution in [-0.2, 0) is 35.7 Å². The summed E-state index contributed by atoms with van der Waals surface area (Å²) in [7, 11) is 0. The van der Waals surface area contributed by atoms with Gasteiger partial charge in [-0.05, 0) is 61.6 Å². The van der Waals surface area contributed by atoms with Gasteiger partial charge in [0.25, 0.3) is 5.91 Å². The highest BCUT2D eigenvalue weighted by Crippen LogP contribution is 2.43. The summed E-state index contributed by atoms with van der Waals surface area (Å²) < 4.78 is 8.18. The standard InChI is InChI=1S/C32H35ClN4O5/c1-2-36-15-13-21(34-36)19-42-28-12-11-26(33)25-14-16-37(31(39)23-9-5-6-10-24(23)32(40)41)27(29(25)28)18-35-17-20-7-3-4-8-22(20)30(35)38/h3-4,7-8,11-13,15,23-24,27H,2,5-6,9-10,14,16-19H2,1H3,(H,40,41). The van der Waals surface area contributed by atoms with E-state index < -0.39 is 23.8 Å². The number of carboxylic acid groups (broad SMARTS) is 1. The minimum atomic E-state index is -0.925. The molecule has 2 amide bonds. The number of aromatic nitrogens is 2. The number of nitrogens with zero attached hydrogens (tertiary/aromatic N) is 4.